The molecule has 0 fully saturated rings. The first-order valence-electron chi connectivity index (χ1n) is 2.79. The molecule has 0 aliphatic heterocycles. The van der Waals surface area contributed by atoms with Crippen molar-refractivity contribution >= 4 is 5.84 Å². The molecule has 84 valence electrons. The van der Waals surface area contributed by atoms with Crippen LogP contribution in [-0.2, 0) is 0 Å². The number of amidine groups is 1. The molecular weight excluding hydrogens is 225 g/mol. The van der Waals surface area contributed by atoms with Crippen LogP contribution in [0.2, 0.25) is 0 Å². The zero-order valence-electron chi connectivity index (χ0n) is 6.12. The van der Waals surface area contributed by atoms with Crippen molar-refractivity contribution in [1.29, 1.82) is 0 Å². The lowest BCUT2D eigenvalue weighted by atomic mass is 10.1. The molecule has 0 radical (unpaired) electrons. The van der Waals surface area contributed by atoms with E-state index in [-0.39, 0.29) is 0 Å². The van der Waals surface area contributed by atoms with Gasteiger partial charge in [-0.1, -0.05) is 5.16 Å². The van der Waals surface area contributed by atoms with E-state index in [2.05, 4.69) is 5.73 Å². The minimum Gasteiger partial charge on any atom is -0.409 e. The van der Waals surface area contributed by atoms with Gasteiger partial charge in [-0.15, -0.1) is 0 Å². The summed E-state index contributed by atoms with van der Waals surface area (Å²) < 4.78 is 82.6. The lowest BCUT2D eigenvalue weighted by Gasteiger charge is -2.26. The summed E-state index contributed by atoms with van der Waals surface area (Å²) in [5, 5.41) is 8.99. The maximum Gasteiger partial charge on any atom is 0.460 e. The van der Waals surface area contributed by atoms with Crippen molar-refractivity contribution in [1.82, 2.24) is 0 Å². The molecule has 14 heavy (non-hydrogen) atoms. The Kier molecular flexibility index (Phi) is 2.89. The standard InChI is InChI=1S/C4H3F7N2O/c5-2(6,1(12)13-14)3(7,8)4(9,10)11/h14H,(H2,12,13). The predicted octanol–water partition coefficient (Wildman–Crippen LogP) is 1.57. The van der Waals surface area contributed by atoms with E-state index in [0.717, 1.165) is 0 Å². The first-order chi connectivity index (χ1) is 5.98. The molecule has 0 atom stereocenters. The highest BCUT2D eigenvalue weighted by atomic mass is 19.4. The van der Waals surface area contributed by atoms with E-state index in [1.54, 1.807) is 0 Å². The van der Waals surface area contributed by atoms with Gasteiger partial charge < -0.3 is 10.9 Å². The highest BCUT2D eigenvalue weighted by molar-refractivity contribution is 5.88. The molecule has 0 unspecified atom stereocenters. The van der Waals surface area contributed by atoms with Crippen LogP contribution >= 0.6 is 0 Å². The van der Waals surface area contributed by atoms with Crippen molar-refractivity contribution in [3.05, 3.63) is 0 Å². The summed E-state index contributed by atoms with van der Waals surface area (Å²) in [6, 6.07) is 0. The zero-order chi connectivity index (χ0) is 11.8. The van der Waals surface area contributed by atoms with Crippen molar-refractivity contribution in [2.45, 2.75) is 18.0 Å². The van der Waals surface area contributed by atoms with Gasteiger partial charge in [-0.05, 0) is 0 Å². The molecule has 0 aliphatic carbocycles. The van der Waals surface area contributed by atoms with E-state index in [1.165, 1.54) is 5.16 Å². The molecule has 0 bridgehead atoms. The van der Waals surface area contributed by atoms with Crippen LogP contribution in [0.5, 0.6) is 0 Å². The molecule has 3 N–H and O–H groups in total. The molecule has 0 amide bonds. The summed E-state index contributed by atoms with van der Waals surface area (Å²) in [7, 11) is 0. The fraction of sp³-hybridized carbons (Fsp3) is 0.750. The third-order valence-corrected chi connectivity index (χ3v) is 1.18. The number of alkyl halides is 7. The highest BCUT2D eigenvalue weighted by Crippen LogP contribution is 2.46. The zero-order valence-corrected chi connectivity index (χ0v) is 6.12. The van der Waals surface area contributed by atoms with Crippen LogP contribution in [0.3, 0.4) is 0 Å². The molecule has 0 spiro atoms. The maximum atomic E-state index is 12.2. The molecule has 0 aromatic carbocycles. The van der Waals surface area contributed by atoms with Crippen molar-refractivity contribution in [2.75, 3.05) is 0 Å². The Hall–Kier alpha value is -1.22. The quantitative estimate of drug-likeness (QED) is 0.248. The number of halogens is 7. The molecule has 0 heterocycles. The summed E-state index contributed by atoms with van der Waals surface area (Å²) in [5.41, 5.74) is 4.00. The van der Waals surface area contributed by atoms with Gasteiger partial charge in [-0.2, -0.15) is 30.7 Å². The van der Waals surface area contributed by atoms with Crippen LogP contribution in [0.25, 0.3) is 0 Å². The lowest BCUT2D eigenvalue weighted by Crippen LogP contribution is -2.58. The Morgan fingerprint density at radius 3 is 1.57 bits per heavy atom. The van der Waals surface area contributed by atoms with E-state index in [0.29, 0.717) is 0 Å². The van der Waals surface area contributed by atoms with E-state index >= 15 is 0 Å². The van der Waals surface area contributed by atoms with Gasteiger partial charge in [0, 0.05) is 0 Å². The van der Waals surface area contributed by atoms with E-state index in [4.69, 9.17) is 5.21 Å². The van der Waals surface area contributed by atoms with Crippen LogP contribution in [0.15, 0.2) is 5.16 Å². The van der Waals surface area contributed by atoms with Crippen molar-refractivity contribution in [2.24, 2.45) is 10.9 Å². The average molecular weight is 228 g/mol. The van der Waals surface area contributed by atoms with Gasteiger partial charge in [0.2, 0.25) is 5.84 Å². The van der Waals surface area contributed by atoms with Gasteiger partial charge in [0.15, 0.2) is 0 Å². The largest absolute Gasteiger partial charge is 0.460 e. The van der Waals surface area contributed by atoms with Gasteiger partial charge in [0.25, 0.3) is 0 Å². The van der Waals surface area contributed by atoms with Crippen LogP contribution in [0.4, 0.5) is 30.7 Å². The van der Waals surface area contributed by atoms with Gasteiger partial charge >= 0.3 is 18.0 Å². The molecule has 10 heteroatoms. The lowest BCUT2D eigenvalue weighted by molar-refractivity contribution is -0.336. The Balaban J connectivity index is 5.29. The van der Waals surface area contributed by atoms with Gasteiger partial charge in [-0.25, -0.2) is 0 Å². The SMILES string of the molecule is N/C(=N/O)C(F)(F)C(F)(F)C(F)(F)F. The van der Waals surface area contributed by atoms with E-state index < -0.39 is 23.9 Å². The Labute approximate surface area is 72.0 Å². The minimum absolute atomic E-state index is 1.40. The maximum absolute atomic E-state index is 12.2. The molecule has 0 rings (SSSR count). The van der Waals surface area contributed by atoms with Gasteiger partial charge in [0.05, 0.1) is 0 Å². The molecule has 3 nitrogen and oxygen atoms in total. The van der Waals surface area contributed by atoms with Gasteiger partial charge in [-0.3, -0.25) is 0 Å². The van der Waals surface area contributed by atoms with Gasteiger partial charge in [0.1, 0.15) is 0 Å². The first kappa shape index (κ1) is 12.8. The third-order valence-electron chi connectivity index (χ3n) is 1.18. The highest BCUT2D eigenvalue weighted by Gasteiger charge is 2.75. The summed E-state index contributed by atoms with van der Waals surface area (Å²) in [6.45, 7) is 0. The van der Waals surface area contributed by atoms with Crippen LogP contribution in [0, 0.1) is 0 Å². The first-order valence-corrected chi connectivity index (χ1v) is 2.79. The number of nitrogens with two attached hydrogens (primary N) is 1. The summed E-state index contributed by atoms with van der Waals surface area (Å²) in [5.74, 6) is -14.7. The number of nitrogens with zero attached hydrogens (tertiary/aromatic N) is 1. The molecule has 0 aliphatic rings. The Bertz CT molecular complexity index is 245. The molecule has 0 saturated heterocycles. The van der Waals surface area contributed by atoms with Crippen molar-refractivity contribution < 1.29 is 35.9 Å². The minimum atomic E-state index is -6.49. The predicted molar refractivity (Wildman–Crippen MR) is 29.4 cm³/mol. The summed E-state index contributed by atoms with van der Waals surface area (Å²) in [4.78, 5) is 0. The molecular formula is C4H3F7N2O. The molecule has 0 saturated carbocycles. The van der Waals surface area contributed by atoms with Crippen LogP contribution in [0.1, 0.15) is 0 Å². The number of hydrogen-bond donors (Lipinski definition) is 2. The third kappa shape index (κ3) is 1.68. The summed E-state index contributed by atoms with van der Waals surface area (Å²) in [6.07, 6.45) is -6.49. The average Bonchev–Trinajstić information content (AvgIpc) is 2.00. The smallest absolute Gasteiger partial charge is 0.409 e. The number of oxime groups is 1. The number of hydrogen-bond acceptors (Lipinski definition) is 2. The van der Waals surface area contributed by atoms with Crippen LogP contribution < -0.4 is 5.73 Å². The summed E-state index contributed by atoms with van der Waals surface area (Å²) >= 11 is 0. The normalized spacial score (nSPS) is 15.8. The van der Waals surface area contributed by atoms with E-state index in [9.17, 15) is 30.7 Å². The second-order valence-electron chi connectivity index (χ2n) is 2.13. The fourth-order valence-corrected chi connectivity index (χ4v) is 0.402. The topological polar surface area (TPSA) is 58.6 Å². The second-order valence-corrected chi connectivity index (χ2v) is 2.13. The fourth-order valence-electron chi connectivity index (χ4n) is 0.402. The Morgan fingerprint density at radius 1 is 1.00 bits per heavy atom. The van der Waals surface area contributed by atoms with Crippen LogP contribution in [-0.4, -0.2) is 29.1 Å². The van der Waals surface area contributed by atoms with E-state index in [1.807, 2.05) is 0 Å². The Morgan fingerprint density at radius 2 is 1.36 bits per heavy atom. The monoisotopic (exact) mass is 228 g/mol. The second kappa shape index (κ2) is 3.17. The molecule has 0 aromatic rings. The van der Waals surface area contributed by atoms with Crippen molar-refractivity contribution in [3.63, 3.8) is 0 Å². The van der Waals surface area contributed by atoms with Crippen molar-refractivity contribution in [3.8, 4) is 0 Å². The molecule has 0 aromatic heterocycles. The number of rotatable bonds is 2.